The van der Waals surface area contributed by atoms with Crippen LogP contribution >= 0.6 is 0 Å². The SMILES string of the molecule is Oc1ccc2c(c1)O[C@H](c1cc(O)c(O)c(O)c1)[C@@H](O)[C@H]2c1c(O)cc(O)c2c1O[C@H](c1cc(O)c(O)c(O)c1)[C@H](O)C2. The molecule has 0 spiro atoms. The molecule has 43 heavy (non-hydrogen) atoms. The number of aliphatic hydroxyl groups excluding tert-OH is 2. The van der Waals surface area contributed by atoms with Gasteiger partial charge in [-0.25, -0.2) is 0 Å². The molecule has 2 aliphatic heterocycles. The second-order valence-electron chi connectivity index (χ2n) is 10.5. The Bertz CT molecular complexity index is 1720. The molecule has 0 unspecified atom stereocenters. The van der Waals surface area contributed by atoms with E-state index < -0.39 is 76.3 Å². The molecule has 5 atom stereocenters. The van der Waals surface area contributed by atoms with E-state index in [1.807, 2.05) is 0 Å². The molecule has 2 heterocycles. The van der Waals surface area contributed by atoms with Crippen LogP contribution in [0.2, 0.25) is 0 Å². The van der Waals surface area contributed by atoms with Gasteiger partial charge >= 0.3 is 0 Å². The quantitative estimate of drug-likeness (QED) is 0.153. The maximum absolute atomic E-state index is 11.8. The Hall–Kier alpha value is -5.40. The highest BCUT2D eigenvalue weighted by atomic mass is 16.5. The van der Waals surface area contributed by atoms with Crippen molar-refractivity contribution in [2.24, 2.45) is 0 Å². The van der Waals surface area contributed by atoms with Gasteiger partial charge in [0.05, 0.1) is 6.10 Å². The van der Waals surface area contributed by atoms with E-state index >= 15 is 0 Å². The largest absolute Gasteiger partial charge is 0.508 e. The first kappa shape index (κ1) is 27.8. The van der Waals surface area contributed by atoms with Crippen molar-refractivity contribution < 1.29 is 65.6 Å². The van der Waals surface area contributed by atoms with Crippen LogP contribution in [0.1, 0.15) is 45.9 Å². The predicted octanol–water partition coefficient (Wildman–Crippen LogP) is 2.70. The maximum atomic E-state index is 11.8. The number of phenols is 9. The van der Waals surface area contributed by atoms with E-state index in [-0.39, 0.29) is 51.5 Å². The van der Waals surface area contributed by atoms with Crippen molar-refractivity contribution in [2.75, 3.05) is 0 Å². The minimum Gasteiger partial charge on any atom is -0.508 e. The molecule has 224 valence electrons. The summed E-state index contributed by atoms with van der Waals surface area (Å²) < 4.78 is 12.1. The lowest BCUT2D eigenvalue weighted by Crippen LogP contribution is -2.36. The Morgan fingerprint density at radius 1 is 0.581 bits per heavy atom. The number of hydrogen-bond donors (Lipinski definition) is 11. The molecule has 0 aliphatic carbocycles. The molecular formula is C30H26O13. The van der Waals surface area contributed by atoms with Gasteiger partial charge in [-0.2, -0.15) is 0 Å². The Balaban J connectivity index is 1.54. The summed E-state index contributed by atoms with van der Waals surface area (Å²) in [6.45, 7) is 0. The highest BCUT2D eigenvalue weighted by molar-refractivity contribution is 5.64. The first-order valence-corrected chi connectivity index (χ1v) is 12.9. The molecular weight excluding hydrogens is 568 g/mol. The molecule has 0 bridgehead atoms. The zero-order chi connectivity index (χ0) is 30.9. The van der Waals surface area contributed by atoms with Crippen molar-refractivity contribution in [3.05, 3.63) is 76.3 Å². The van der Waals surface area contributed by atoms with Gasteiger partial charge in [-0.05, 0) is 30.3 Å². The molecule has 2 aliphatic rings. The minimum atomic E-state index is -1.59. The van der Waals surface area contributed by atoms with E-state index in [2.05, 4.69) is 0 Å². The zero-order valence-corrected chi connectivity index (χ0v) is 21.9. The number of aromatic hydroxyl groups is 9. The van der Waals surface area contributed by atoms with Gasteiger partial charge in [0, 0.05) is 52.3 Å². The molecule has 0 saturated heterocycles. The molecule has 6 rings (SSSR count). The topological polar surface area (TPSA) is 241 Å². The van der Waals surface area contributed by atoms with Crippen molar-refractivity contribution in [1.82, 2.24) is 0 Å². The lowest BCUT2D eigenvalue weighted by molar-refractivity contribution is 0.00176. The summed E-state index contributed by atoms with van der Waals surface area (Å²) >= 11 is 0. The monoisotopic (exact) mass is 594 g/mol. The first-order chi connectivity index (χ1) is 20.3. The van der Waals surface area contributed by atoms with Gasteiger partial charge in [-0.3, -0.25) is 0 Å². The van der Waals surface area contributed by atoms with E-state index in [1.165, 1.54) is 18.2 Å². The van der Waals surface area contributed by atoms with Gasteiger partial charge in [-0.1, -0.05) is 6.07 Å². The third-order valence-electron chi connectivity index (χ3n) is 7.77. The fraction of sp³-hybridized carbons (Fsp3) is 0.200. The lowest BCUT2D eigenvalue weighted by Gasteiger charge is -2.40. The van der Waals surface area contributed by atoms with Crippen LogP contribution in [0.25, 0.3) is 0 Å². The van der Waals surface area contributed by atoms with E-state index in [1.54, 1.807) is 0 Å². The van der Waals surface area contributed by atoms with Crippen LogP contribution in [0.3, 0.4) is 0 Å². The van der Waals surface area contributed by atoms with Crippen molar-refractivity contribution in [3.63, 3.8) is 0 Å². The Morgan fingerprint density at radius 3 is 1.72 bits per heavy atom. The molecule has 13 heteroatoms. The predicted molar refractivity (Wildman–Crippen MR) is 145 cm³/mol. The summed E-state index contributed by atoms with van der Waals surface area (Å²) in [5.74, 6) is -6.80. The van der Waals surface area contributed by atoms with Gasteiger partial charge in [0.2, 0.25) is 0 Å². The number of aliphatic hydroxyl groups is 2. The number of phenolic OH excluding ortho intramolecular Hbond substituents is 9. The van der Waals surface area contributed by atoms with Gasteiger partial charge in [0.1, 0.15) is 34.9 Å². The summed E-state index contributed by atoms with van der Waals surface area (Å²) in [7, 11) is 0. The maximum Gasteiger partial charge on any atom is 0.200 e. The summed E-state index contributed by atoms with van der Waals surface area (Å²) in [5.41, 5.74) is 0.348. The molecule has 4 aromatic carbocycles. The van der Waals surface area contributed by atoms with Crippen molar-refractivity contribution in [2.45, 2.75) is 36.8 Å². The van der Waals surface area contributed by atoms with Crippen molar-refractivity contribution in [1.29, 1.82) is 0 Å². The summed E-state index contributed by atoms with van der Waals surface area (Å²) in [4.78, 5) is 0. The molecule has 0 radical (unpaired) electrons. The van der Waals surface area contributed by atoms with Gasteiger partial charge in [-0.15, -0.1) is 0 Å². The van der Waals surface area contributed by atoms with E-state index in [0.717, 1.165) is 30.3 Å². The molecule has 11 N–H and O–H groups in total. The van der Waals surface area contributed by atoms with Crippen molar-refractivity contribution >= 4 is 0 Å². The van der Waals surface area contributed by atoms with Crippen LogP contribution < -0.4 is 9.47 Å². The highest BCUT2D eigenvalue weighted by Gasteiger charge is 2.45. The average Bonchev–Trinajstić information content (AvgIpc) is 2.95. The van der Waals surface area contributed by atoms with Crippen LogP contribution in [0.4, 0.5) is 0 Å². The third kappa shape index (κ3) is 4.42. The molecule has 0 fully saturated rings. The van der Waals surface area contributed by atoms with Crippen molar-refractivity contribution in [3.8, 4) is 63.2 Å². The van der Waals surface area contributed by atoms with Gasteiger partial charge in [0.15, 0.2) is 46.7 Å². The fourth-order valence-corrected chi connectivity index (χ4v) is 5.75. The van der Waals surface area contributed by atoms with Gasteiger partial charge < -0.3 is 65.6 Å². The van der Waals surface area contributed by atoms with Gasteiger partial charge in [0.25, 0.3) is 0 Å². The number of ether oxygens (including phenoxy) is 2. The molecule has 4 aromatic rings. The standard InChI is InChI=1S/C30H26O13/c31-12-1-2-13-22(7-12)42-29(11-5-19(36)26(40)20(37)6-11)27(41)23(13)24-16(33)9-15(32)14-8-21(38)28(43-30(14)24)10-3-17(34)25(39)18(35)4-10/h1-7,9,21,23,27-29,31-41H,8H2/t21-,23-,27+,28-,29-/m1/s1. The first-order valence-electron chi connectivity index (χ1n) is 12.9. The van der Waals surface area contributed by atoms with Crippen LogP contribution in [-0.2, 0) is 6.42 Å². The second kappa shape index (κ2) is 9.86. The second-order valence-corrected chi connectivity index (χ2v) is 10.5. The summed E-state index contributed by atoms with van der Waals surface area (Å²) in [5, 5.41) is 115. The third-order valence-corrected chi connectivity index (χ3v) is 7.77. The molecule has 0 saturated carbocycles. The molecule has 0 aromatic heterocycles. The van der Waals surface area contributed by atoms with Crippen LogP contribution in [0.15, 0.2) is 48.5 Å². The Morgan fingerprint density at radius 2 is 1.14 bits per heavy atom. The number of benzene rings is 4. The number of rotatable bonds is 3. The Labute approximate surface area is 242 Å². The number of hydrogen-bond acceptors (Lipinski definition) is 13. The fourth-order valence-electron chi connectivity index (χ4n) is 5.75. The smallest absolute Gasteiger partial charge is 0.200 e. The van der Waals surface area contributed by atoms with Crippen LogP contribution in [-0.4, -0.2) is 68.4 Å². The molecule has 13 nitrogen and oxygen atoms in total. The minimum absolute atomic E-state index is 0.0238. The van der Waals surface area contributed by atoms with E-state index in [4.69, 9.17) is 9.47 Å². The van der Waals surface area contributed by atoms with Crippen LogP contribution in [0.5, 0.6) is 63.2 Å². The average molecular weight is 595 g/mol. The highest BCUT2D eigenvalue weighted by Crippen LogP contribution is 2.56. The van der Waals surface area contributed by atoms with E-state index in [0.29, 0.717) is 0 Å². The Kier molecular flexibility index (Phi) is 6.36. The summed E-state index contributed by atoms with van der Waals surface area (Å²) in [6.07, 6.45) is -5.79. The zero-order valence-electron chi connectivity index (χ0n) is 21.9. The lowest BCUT2D eigenvalue weighted by atomic mass is 9.77. The number of fused-ring (bicyclic) bond motifs is 2. The summed E-state index contributed by atoms with van der Waals surface area (Å²) in [6, 6.07) is 9.28. The van der Waals surface area contributed by atoms with Crippen LogP contribution in [0, 0.1) is 0 Å². The normalized spacial score (nSPS) is 22.6. The molecule has 0 amide bonds. The van der Waals surface area contributed by atoms with E-state index in [9.17, 15) is 56.2 Å².